The summed E-state index contributed by atoms with van der Waals surface area (Å²) in [7, 11) is 0. The minimum atomic E-state index is -1.31. The van der Waals surface area contributed by atoms with E-state index in [1.165, 1.54) is 0 Å². The first-order valence-corrected chi connectivity index (χ1v) is 7.79. The highest BCUT2D eigenvalue weighted by molar-refractivity contribution is 5.62. The summed E-state index contributed by atoms with van der Waals surface area (Å²) in [5.74, 6) is 0.249. The van der Waals surface area contributed by atoms with Crippen LogP contribution < -0.4 is 4.74 Å². The molecule has 2 aromatic carbocycles. The average molecular weight is 314 g/mol. The molecule has 2 atom stereocenters. The molecule has 0 radical (unpaired) electrons. The summed E-state index contributed by atoms with van der Waals surface area (Å²) in [5.41, 5.74) is 1.88. The Morgan fingerprint density at radius 1 is 1.09 bits per heavy atom. The van der Waals surface area contributed by atoms with Gasteiger partial charge in [0.25, 0.3) is 0 Å². The third-order valence-electron chi connectivity index (χ3n) is 3.66. The molecule has 0 aliphatic rings. The van der Waals surface area contributed by atoms with Crippen molar-refractivity contribution < 1.29 is 19.4 Å². The van der Waals surface area contributed by atoms with Crippen LogP contribution in [-0.2, 0) is 4.74 Å². The van der Waals surface area contributed by atoms with Gasteiger partial charge in [0.2, 0.25) is 0 Å². The molecule has 2 unspecified atom stereocenters. The molecule has 23 heavy (non-hydrogen) atoms. The Hall–Kier alpha value is -2.33. The van der Waals surface area contributed by atoms with Crippen molar-refractivity contribution in [2.45, 2.75) is 32.3 Å². The topological polar surface area (TPSA) is 55.8 Å². The lowest BCUT2D eigenvalue weighted by molar-refractivity contribution is 0.0548. The molecule has 0 saturated heterocycles. The smallest absolute Gasteiger partial charge is 0.449 e. The molecule has 2 aromatic rings. The second-order valence-electron chi connectivity index (χ2n) is 5.37. The van der Waals surface area contributed by atoms with Crippen LogP contribution in [0.25, 0.3) is 0 Å². The molecule has 4 nitrogen and oxygen atoms in total. The fourth-order valence-corrected chi connectivity index (χ4v) is 2.69. The van der Waals surface area contributed by atoms with E-state index in [0.717, 1.165) is 17.5 Å². The Morgan fingerprint density at radius 2 is 1.74 bits per heavy atom. The SMILES string of the molecule is CCCOC(C)C(c1ccccc1)c1ccccc1OC(=O)O. The first-order chi connectivity index (χ1) is 11.1. The Balaban J connectivity index is 2.43. The summed E-state index contributed by atoms with van der Waals surface area (Å²) < 4.78 is 10.9. The summed E-state index contributed by atoms with van der Waals surface area (Å²) in [6.45, 7) is 4.73. The van der Waals surface area contributed by atoms with Gasteiger partial charge in [-0.05, 0) is 25.0 Å². The standard InChI is InChI=1S/C19H22O4/c1-3-13-22-14(2)18(15-9-5-4-6-10-15)16-11-7-8-12-17(16)23-19(20)21/h4-12,14,18H,3,13H2,1-2H3,(H,20,21). The maximum absolute atomic E-state index is 11.0. The van der Waals surface area contributed by atoms with Crippen LogP contribution in [0.3, 0.4) is 0 Å². The van der Waals surface area contributed by atoms with Crippen LogP contribution in [0.1, 0.15) is 37.3 Å². The van der Waals surface area contributed by atoms with Gasteiger partial charge in [0, 0.05) is 18.1 Å². The van der Waals surface area contributed by atoms with Gasteiger partial charge in [-0.2, -0.15) is 0 Å². The normalized spacial score (nSPS) is 13.3. The lowest BCUT2D eigenvalue weighted by atomic mass is 9.86. The molecule has 0 spiro atoms. The van der Waals surface area contributed by atoms with Gasteiger partial charge >= 0.3 is 6.16 Å². The number of benzene rings is 2. The average Bonchev–Trinajstić information content (AvgIpc) is 2.55. The number of carboxylic acid groups (broad SMARTS) is 1. The van der Waals surface area contributed by atoms with Gasteiger partial charge in [0.1, 0.15) is 5.75 Å². The van der Waals surface area contributed by atoms with Crippen LogP contribution in [0.15, 0.2) is 54.6 Å². The highest BCUT2D eigenvalue weighted by Gasteiger charge is 2.25. The third kappa shape index (κ3) is 4.57. The van der Waals surface area contributed by atoms with Crippen LogP contribution in [0.2, 0.25) is 0 Å². The zero-order chi connectivity index (χ0) is 16.7. The Bertz CT molecular complexity index is 624. The Labute approximate surface area is 136 Å². The zero-order valence-electron chi connectivity index (χ0n) is 13.4. The fraction of sp³-hybridized carbons (Fsp3) is 0.316. The van der Waals surface area contributed by atoms with Crippen LogP contribution in [0, 0.1) is 0 Å². The highest BCUT2D eigenvalue weighted by atomic mass is 16.7. The lowest BCUT2D eigenvalue weighted by Crippen LogP contribution is -2.22. The summed E-state index contributed by atoms with van der Waals surface area (Å²) in [6.07, 6.45) is -0.485. The van der Waals surface area contributed by atoms with Crippen molar-refractivity contribution in [1.82, 2.24) is 0 Å². The molecule has 122 valence electrons. The predicted octanol–water partition coefficient (Wildman–Crippen LogP) is 4.69. The van der Waals surface area contributed by atoms with Crippen molar-refractivity contribution in [3.05, 3.63) is 65.7 Å². The third-order valence-corrected chi connectivity index (χ3v) is 3.66. The molecule has 0 amide bonds. The molecule has 0 aliphatic carbocycles. The van der Waals surface area contributed by atoms with Gasteiger partial charge < -0.3 is 14.6 Å². The van der Waals surface area contributed by atoms with E-state index < -0.39 is 6.16 Å². The van der Waals surface area contributed by atoms with Crippen molar-refractivity contribution in [3.63, 3.8) is 0 Å². The lowest BCUT2D eigenvalue weighted by Gasteiger charge is -2.26. The first-order valence-electron chi connectivity index (χ1n) is 7.79. The molecular weight excluding hydrogens is 292 g/mol. The van der Waals surface area contributed by atoms with Gasteiger partial charge in [0.05, 0.1) is 6.10 Å². The number of ether oxygens (including phenoxy) is 2. The second kappa shape index (κ2) is 8.34. The predicted molar refractivity (Wildman–Crippen MR) is 89.1 cm³/mol. The largest absolute Gasteiger partial charge is 0.511 e. The number of hydrogen-bond donors (Lipinski definition) is 1. The molecule has 0 fully saturated rings. The summed E-state index contributed by atoms with van der Waals surface area (Å²) in [6, 6.07) is 17.1. The van der Waals surface area contributed by atoms with Gasteiger partial charge in [0.15, 0.2) is 0 Å². The summed E-state index contributed by atoms with van der Waals surface area (Å²) in [4.78, 5) is 11.0. The molecule has 0 heterocycles. The number of rotatable bonds is 7. The molecule has 0 bridgehead atoms. The van der Waals surface area contributed by atoms with Gasteiger partial charge in [-0.15, -0.1) is 0 Å². The monoisotopic (exact) mass is 314 g/mol. The molecule has 2 rings (SSSR count). The van der Waals surface area contributed by atoms with Crippen molar-refractivity contribution >= 4 is 6.16 Å². The molecular formula is C19H22O4. The molecule has 0 aromatic heterocycles. The van der Waals surface area contributed by atoms with E-state index in [-0.39, 0.29) is 12.0 Å². The quantitative estimate of drug-likeness (QED) is 0.595. The maximum atomic E-state index is 11.0. The van der Waals surface area contributed by atoms with E-state index in [2.05, 4.69) is 6.92 Å². The first kappa shape index (κ1) is 17.0. The molecule has 1 N–H and O–H groups in total. The van der Waals surface area contributed by atoms with Gasteiger partial charge in [-0.1, -0.05) is 55.5 Å². The van der Waals surface area contributed by atoms with E-state index in [1.54, 1.807) is 12.1 Å². The summed E-state index contributed by atoms with van der Waals surface area (Å²) >= 11 is 0. The minimum Gasteiger partial charge on any atom is -0.449 e. The molecule has 0 aliphatic heterocycles. The van der Waals surface area contributed by atoms with Gasteiger partial charge in [-0.25, -0.2) is 4.79 Å². The second-order valence-corrected chi connectivity index (χ2v) is 5.37. The van der Waals surface area contributed by atoms with E-state index >= 15 is 0 Å². The number of hydrogen-bond acceptors (Lipinski definition) is 3. The zero-order valence-corrected chi connectivity index (χ0v) is 13.4. The van der Waals surface area contributed by atoms with Crippen molar-refractivity contribution in [2.75, 3.05) is 6.61 Å². The minimum absolute atomic E-state index is 0.0988. The Morgan fingerprint density at radius 3 is 2.39 bits per heavy atom. The maximum Gasteiger partial charge on any atom is 0.511 e. The van der Waals surface area contributed by atoms with Crippen LogP contribution in [0.4, 0.5) is 4.79 Å². The van der Waals surface area contributed by atoms with Crippen LogP contribution in [0.5, 0.6) is 5.75 Å². The van der Waals surface area contributed by atoms with Crippen molar-refractivity contribution in [2.24, 2.45) is 0 Å². The highest BCUT2D eigenvalue weighted by Crippen LogP contribution is 2.35. The van der Waals surface area contributed by atoms with E-state index in [0.29, 0.717) is 12.4 Å². The van der Waals surface area contributed by atoms with Gasteiger partial charge in [-0.3, -0.25) is 0 Å². The van der Waals surface area contributed by atoms with E-state index in [9.17, 15) is 4.79 Å². The van der Waals surface area contributed by atoms with Crippen molar-refractivity contribution in [1.29, 1.82) is 0 Å². The summed E-state index contributed by atoms with van der Waals surface area (Å²) in [5, 5.41) is 8.97. The van der Waals surface area contributed by atoms with Crippen LogP contribution >= 0.6 is 0 Å². The van der Waals surface area contributed by atoms with Crippen LogP contribution in [-0.4, -0.2) is 24.0 Å². The fourth-order valence-electron chi connectivity index (χ4n) is 2.69. The van der Waals surface area contributed by atoms with E-state index in [4.69, 9.17) is 14.6 Å². The number of para-hydroxylation sites is 1. The van der Waals surface area contributed by atoms with Crippen molar-refractivity contribution in [3.8, 4) is 5.75 Å². The Kier molecular flexibility index (Phi) is 6.18. The molecule has 0 saturated carbocycles. The number of carbonyl (C=O) groups is 1. The van der Waals surface area contributed by atoms with E-state index in [1.807, 2.05) is 49.4 Å². The molecule has 4 heteroatoms.